The van der Waals surface area contributed by atoms with E-state index in [0.29, 0.717) is 5.78 Å². The third-order valence-corrected chi connectivity index (χ3v) is 1.86. The van der Waals surface area contributed by atoms with E-state index in [9.17, 15) is 4.79 Å². The highest BCUT2D eigenvalue weighted by Gasteiger charge is 1.95. The van der Waals surface area contributed by atoms with Crippen molar-refractivity contribution in [3.8, 4) is 0 Å². The molecule has 0 radical (unpaired) electrons. The fourth-order valence-corrected chi connectivity index (χ4v) is 0.914. The van der Waals surface area contributed by atoms with Crippen molar-refractivity contribution in [1.82, 2.24) is 4.90 Å². The first-order chi connectivity index (χ1) is 5.16. The van der Waals surface area contributed by atoms with Crippen LogP contribution in [0.25, 0.3) is 0 Å². The molecule has 0 spiro atoms. The van der Waals surface area contributed by atoms with E-state index >= 15 is 0 Å². The van der Waals surface area contributed by atoms with E-state index in [1.165, 1.54) is 0 Å². The van der Waals surface area contributed by atoms with Crippen LogP contribution < -0.4 is 0 Å². The van der Waals surface area contributed by atoms with Gasteiger partial charge >= 0.3 is 0 Å². The lowest BCUT2D eigenvalue weighted by Crippen LogP contribution is -2.18. The maximum Gasteiger partial charge on any atom is 0.129 e. The van der Waals surface area contributed by atoms with Crippen molar-refractivity contribution in [2.45, 2.75) is 33.1 Å². The summed E-state index contributed by atoms with van der Waals surface area (Å²) in [6.07, 6.45) is 2.93. The van der Waals surface area contributed by atoms with Gasteiger partial charge in [-0.25, -0.2) is 0 Å². The molecule has 0 aromatic rings. The van der Waals surface area contributed by atoms with Gasteiger partial charge in [0.1, 0.15) is 5.78 Å². The summed E-state index contributed by atoms with van der Waals surface area (Å²) in [6.45, 7) is 6.01. The van der Waals surface area contributed by atoms with Crippen LogP contribution in [0.4, 0.5) is 0 Å². The number of rotatable bonds is 6. The maximum atomic E-state index is 10.5. The molecule has 0 bridgehead atoms. The van der Waals surface area contributed by atoms with Gasteiger partial charge in [0.25, 0.3) is 0 Å². The second-order valence-corrected chi connectivity index (χ2v) is 3.06. The number of unbranched alkanes of at least 4 members (excludes halogenated alkanes) is 1. The van der Waals surface area contributed by atoms with Crippen LogP contribution >= 0.6 is 0 Å². The third kappa shape index (κ3) is 7.53. The molecule has 0 atom stereocenters. The molecule has 2 nitrogen and oxygen atoms in total. The van der Waals surface area contributed by atoms with Crippen LogP contribution in [0.3, 0.4) is 0 Å². The summed E-state index contributed by atoms with van der Waals surface area (Å²) in [6, 6.07) is 0. The van der Waals surface area contributed by atoms with E-state index in [1.807, 2.05) is 0 Å². The topological polar surface area (TPSA) is 20.3 Å². The minimum absolute atomic E-state index is 0.309. The lowest BCUT2D eigenvalue weighted by molar-refractivity contribution is -0.117. The zero-order valence-corrected chi connectivity index (χ0v) is 7.89. The van der Waals surface area contributed by atoms with E-state index in [4.69, 9.17) is 0 Å². The molecule has 2 heteroatoms. The second-order valence-electron chi connectivity index (χ2n) is 3.06. The molecule has 0 amide bonds. The van der Waals surface area contributed by atoms with Crippen molar-refractivity contribution in [3.63, 3.8) is 0 Å². The van der Waals surface area contributed by atoms with E-state index < -0.39 is 0 Å². The summed E-state index contributed by atoms with van der Waals surface area (Å²) in [5.74, 6) is 0.309. The molecule has 0 aromatic carbocycles. The van der Waals surface area contributed by atoms with Crippen LogP contribution in [0.15, 0.2) is 0 Å². The zero-order chi connectivity index (χ0) is 8.69. The molecular weight excluding hydrogens is 138 g/mol. The van der Waals surface area contributed by atoms with Gasteiger partial charge in [0.2, 0.25) is 0 Å². The summed E-state index contributed by atoms with van der Waals surface area (Å²) in [7, 11) is 2.10. The van der Waals surface area contributed by atoms with Crippen LogP contribution in [0, 0.1) is 0 Å². The summed E-state index contributed by atoms with van der Waals surface area (Å²) in [4.78, 5) is 12.8. The highest BCUT2D eigenvalue weighted by atomic mass is 16.1. The number of hydrogen-bond acceptors (Lipinski definition) is 2. The molecule has 66 valence electrons. The number of carbonyl (C=O) groups excluding carboxylic acids is 1. The molecule has 0 fully saturated rings. The molecule has 0 aliphatic heterocycles. The molecule has 0 rings (SSSR count). The predicted molar refractivity (Wildman–Crippen MR) is 47.7 cm³/mol. The fraction of sp³-hybridized carbons (Fsp3) is 0.889. The Morgan fingerprint density at radius 2 is 2.00 bits per heavy atom. The van der Waals surface area contributed by atoms with Gasteiger partial charge in [-0.1, -0.05) is 6.92 Å². The van der Waals surface area contributed by atoms with Crippen molar-refractivity contribution in [2.24, 2.45) is 0 Å². The lowest BCUT2D eigenvalue weighted by Gasteiger charge is -2.12. The Bertz CT molecular complexity index is 112. The van der Waals surface area contributed by atoms with Crippen molar-refractivity contribution in [1.29, 1.82) is 0 Å². The van der Waals surface area contributed by atoms with Crippen LogP contribution in [-0.4, -0.2) is 30.8 Å². The normalized spacial score (nSPS) is 10.5. The molecule has 0 aliphatic rings. The Morgan fingerprint density at radius 3 is 2.45 bits per heavy atom. The Kier molecular flexibility index (Phi) is 6.13. The van der Waals surface area contributed by atoms with E-state index in [0.717, 1.165) is 32.4 Å². The number of Topliss-reactive ketones (excluding diaryl/α,β-unsaturated/α-hetero) is 1. The minimum atomic E-state index is 0.309. The SMILES string of the molecule is CCN(C)CCCCC(C)=O. The molecule has 0 aliphatic carbocycles. The Hall–Kier alpha value is -0.370. The molecule has 0 saturated heterocycles. The second kappa shape index (κ2) is 6.35. The quantitative estimate of drug-likeness (QED) is 0.547. The van der Waals surface area contributed by atoms with Crippen molar-refractivity contribution in [2.75, 3.05) is 20.1 Å². The first-order valence-electron chi connectivity index (χ1n) is 4.34. The predicted octanol–water partition coefficient (Wildman–Crippen LogP) is 1.70. The summed E-state index contributed by atoms with van der Waals surface area (Å²) in [5.41, 5.74) is 0. The molecule has 11 heavy (non-hydrogen) atoms. The average molecular weight is 157 g/mol. The highest BCUT2D eigenvalue weighted by Crippen LogP contribution is 1.97. The van der Waals surface area contributed by atoms with E-state index in [-0.39, 0.29) is 0 Å². The highest BCUT2D eigenvalue weighted by molar-refractivity contribution is 5.75. The van der Waals surface area contributed by atoms with Gasteiger partial charge in [0.15, 0.2) is 0 Å². The van der Waals surface area contributed by atoms with Crippen LogP contribution in [-0.2, 0) is 4.79 Å². The van der Waals surface area contributed by atoms with Crippen LogP contribution in [0.2, 0.25) is 0 Å². The van der Waals surface area contributed by atoms with Gasteiger partial charge in [-0.2, -0.15) is 0 Å². The van der Waals surface area contributed by atoms with Crippen LogP contribution in [0.5, 0.6) is 0 Å². The number of ketones is 1. The van der Waals surface area contributed by atoms with Gasteiger partial charge in [-0.05, 0) is 39.9 Å². The number of nitrogens with zero attached hydrogens (tertiary/aromatic N) is 1. The Balaban J connectivity index is 3.08. The maximum absolute atomic E-state index is 10.5. The first-order valence-corrected chi connectivity index (χ1v) is 4.34. The molecule has 0 aromatic heterocycles. The van der Waals surface area contributed by atoms with Gasteiger partial charge in [-0.15, -0.1) is 0 Å². The first kappa shape index (κ1) is 10.6. The van der Waals surface area contributed by atoms with Crippen molar-refractivity contribution >= 4 is 5.78 Å². The third-order valence-electron chi connectivity index (χ3n) is 1.86. The van der Waals surface area contributed by atoms with Gasteiger partial charge in [-0.3, -0.25) is 0 Å². The number of carbonyl (C=O) groups is 1. The Morgan fingerprint density at radius 1 is 1.36 bits per heavy atom. The summed E-state index contributed by atoms with van der Waals surface area (Å²) >= 11 is 0. The zero-order valence-electron chi connectivity index (χ0n) is 7.89. The standard InChI is InChI=1S/C9H19NO/c1-4-10(3)8-6-5-7-9(2)11/h4-8H2,1-3H3. The lowest BCUT2D eigenvalue weighted by atomic mass is 10.2. The van der Waals surface area contributed by atoms with Gasteiger partial charge in [0, 0.05) is 6.42 Å². The molecule has 0 saturated carbocycles. The minimum Gasteiger partial charge on any atom is -0.307 e. The van der Waals surface area contributed by atoms with Gasteiger partial charge < -0.3 is 9.69 Å². The Labute approximate surface area is 69.6 Å². The van der Waals surface area contributed by atoms with E-state index in [2.05, 4.69) is 18.9 Å². The van der Waals surface area contributed by atoms with Crippen molar-refractivity contribution < 1.29 is 4.79 Å². The van der Waals surface area contributed by atoms with Gasteiger partial charge in [0.05, 0.1) is 0 Å². The van der Waals surface area contributed by atoms with Crippen molar-refractivity contribution in [3.05, 3.63) is 0 Å². The largest absolute Gasteiger partial charge is 0.307 e. The molecule has 0 N–H and O–H groups in total. The molecular formula is C9H19NO. The number of hydrogen-bond donors (Lipinski definition) is 0. The molecule has 0 unspecified atom stereocenters. The monoisotopic (exact) mass is 157 g/mol. The van der Waals surface area contributed by atoms with Crippen LogP contribution in [0.1, 0.15) is 33.1 Å². The fourth-order valence-electron chi connectivity index (χ4n) is 0.914. The summed E-state index contributed by atoms with van der Waals surface area (Å²) in [5, 5.41) is 0. The van der Waals surface area contributed by atoms with E-state index in [1.54, 1.807) is 6.92 Å². The molecule has 0 heterocycles. The smallest absolute Gasteiger partial charge is 0.129 e. The summed E-state index contributed by atoms with van der Waals surface area (Å²) < 4.78 is 0. The average Bonchev–Trinajstić information content (AvgIpc) is 1.97.